The van der Waals surface area contributed by atoms with Crippen molar-refractivity contribution in [3.8, 4) is 17.2 Å². The van der Waals surface area contributed by atoms with Crippen molar-refractivity contribution in [2.45, 2.75) is 19.1 Å². The molecule has 0 radical (unpaired) electrons. The third-order valence-corrected chi connectivity index (χ3v) is 6.75. The van der Waals surface area contributed by atoms with Crippen LogP contribution in [-0.4, -0.2) is 36.7 Å². The van der Waals surface area contributed by atoms with Gasteiger partial charge in [-0.2, -0.15) is 0 Å². The number of halogens is 1. The fourth-order valence-electron chi connectivity index (χ4n) is 4.63. The van der Waals surface area contributed by atoms with E-state index in [1.54, 1.807) is 41.5 Å². The van der Waals surface area contributed by atoms with Crippen molar-refractivity contribution in [3.63, 3.8) is 0 Å². The number of phenolic OH excluding ortho intramolecular Hbond substituents is 1. The van der Waals surface area contributed by atoms with E-state index in [4.69, 9.17) is 14.3 Å². The van der Waals surface area contributed by atoms with Crippen LogP contribution in [0.3, 0.4) is 0 Å². The summed E-state index contributed by atoms with van der Waals surface area (Å²) in [7, 11) is 1.45. The van der Waals surface area contributed by atoms with Crippen molar-refractivity contribution in [3.05, 3.63) is 76.8 Å². The number of hydroxylamine groups is 1. The Balaban J connectivity index is 1.62. The average Bonchev–Trinajstić information content (AvgIpc) is 3.38. The Bertz CT molecular complexity index is 1280. The molecule has 35 heavy (non-hydrogen) atoms. The first kappa shape index (κ1) is 23.2. The SMILES string of the molecule is CCOc1ccccc1N1C(=O)[C@@H]2[C@@H](c3cc(Br)c(O)c(OC)c3)N(c3ccccc3)O[C@H]2C1=O. The Morgan fingerprint density at radius 1 is 1.00 bits per heavy atom. The fourth-order valence-corrected chi connectivity index (χ4v) is 5.09. The van der Waals surface area contributed by atoms with Gasteiger partial charge in [0.15, 0.2) is 17.6 Å². The molecule has 1 N–H and O–H groups in total. The second-order valence-corrected chi connectivity index (χ2v) is 8.98. The van der Waals surface area contributed by atoms with Gasteiger partial charge in [0.2, 0.25) is 5.91 Å². The summed E-state index contributed by atoms with van der Waals surface area (Å²) >= 11 is 3.37. The predicted octanol–water partition coefficient (Wildman–Crippen LogP) is 4.61. The summed E-state index contributed by atoms with van der Waals surface area (Å²) in [5.74, 6) is -1.06. The molecule has 2 fully saturated rings. The third kappa shape index (κ3) is 3.81. The normalized spacial score (nSPS) is 21.4. The first-order valence-electron chi connectivity index (χ1n) is 11.1. The number of carbonyl (C=O) groups is 2. The van der Waals surface area contributed by atoms with Crippen molar-refractivity contribution in [2.75, 3.05) is 23.7 Å². The van der Waals surface area contributed by atoms with E-state index in [0.717, 1.165) is 4.90 Å². The maximum atomic E-state index is 13.9. The molecule has 5 rings (SSSR count). The summed E-state index contributed by atoms with van der Waals surface area (Å²) in [6, 6.07) is 18.9. The third-order valence-electron chi connectivity index (χ3n) is 6.14. The molecule has 8 nitrogen and oxygen atoms in total. The van der Waals surface area contributed by atoms with Gasteiger partial charge in [0.25, 0.3) is 5.91 Å². The number of aromatic hydroxyl groups is 1. The predicted molar refractivity (Wildman–Crippen MR) is 132 cm³/mol. The molecule has 0 bridgehead atoms. The molecule has 9 heteroatoms. The fraction of sp³-hybridized carbons (Fsp3) is 0.231. The maximum Gasteiger partial charge on any atom is 0.266 e. The highest BCUT2D eigenvalue weighted by Crippen LogP contribution is 2.50. The highest BCUT2D eigenvalue weighted by atomic mass is 79.9. The van der Waals surface area contributed by atoms with Crippen molar-refractivity contribution in [1.82, 2.24) is 0 Å². The quantitative estimate of drug-likeness (QED) is 0.458. The lowest BCUT2D eigenvalue weighted by atomic mass is 9.90. The van der Waals surface area contributed by atoms with Crippen LogP contribution in [-0.2, 0) is 14.4 Å². The number of carbonyl (C=O) groups excluding carboxylic acids is 2. The van der Waals surface area contributed by atoms with Crippen LogP contribution < -0.4 is 19.4 Å². The van der Waals surface area contributed by atoms with Gasteiger partial charge in [-0.25, -0.2) is 9.96 Å². The molecule has 0 aliphatic carbocycles. The number of anilines is 2. The number of ether oxygens (including phenoxy) is 2. The largest absolute Gasteiger partial charge is 0.503 e. The van der Waals surface area contributed by atoms with Crippen LogP contribution in [0.5, 0.6) is 17.2 Å². The molecule has 0 aromatic heterocycles. The lowest BCUT2D eigenvalue weighted by molar-refractivity contribution is -0.126. The second kappa shape index (κ2) is 9.24. The van der Waals surface area contributed by atoms with E-state index < -0.39 is 29.9 Å². The topological polar surface area (TPSA) is 88.5 Å². The highest BCUT2D eigenvalue weighted by Gasteiger charge is 2.60. The van der Waals surface area contributed by atoms with E-state index in [0.29, 0.717) is 33.8 Å². The van der Waals surface area contributed by atoms with Gasteiger partial charge in [-0.15, -0.1) is 0 Å². The Morgan fingerprint density at radius 3 is 2.43 bits per heavy atom. The standard InChI is InChI=1S/C26H23BrN2O6/c1-3-34-19-12-8-7-11-18(19)28-25(31)21-22(15-13-17(27)23(30)20(14-15)33-2)29(35-24(21)26(28)32)16-9-5-4-6-10-16/h4-14,21-22,24,30H,3H2,1-2H3/t21-,22-,24-/m1/s1. The number of benzene rings is 3. The average molecular weight is 539 g/mol. The number of hydrogen-bond acceptors (Lipinski definition) is 7. The summed E-state index contributed by atoms with van der Waals surface area (Å²) in [4.78, 5) is 34.8. The highest BCUT2D eigenvalue weighted by molar-refractivity contribution is 9.10. The Morgan fingerprint density at radius 2 is 1.71 bits per heavy atom. The van der Waals surface area contributed by atoms with Gasteiger partial charge in [-0.05, 0) is 64.8 Å². The molecule has 2 amide bonds. The lowest BCUT2D eigenvalue weighted by Crippen LogP contribution is -2.37. The molecule has 3 aromatic rings. The van der Waals surface area contributed by atoms with E-state index in [-0.39, 0.29) is 11.5 Å². The first-order chi connectivity index (χ1) is 17.0. The van der Waals surface area contributed by atoms with Crippen LogP contribution in [0.2, 0.25) is 0 Å². The molecule has 2 aliphatic rings. The lowest BCUT2D eigenvalue weighted by Gasteiger charge is -2.29. The molecule has 2 aliphatic heterocycles. The van der Waals surface area contributed by atoms with Crippen LogP contribution in [0.1, 0.15) is 18.5 Å². The number of hydrogen-bond donors (Lipinski definition) is 1. The van der Waals surface area contributed by atoms with Crippen LogP contribution in [0.4, 0.5) is 11.4 Å². The van der Waals surface area contributed by atoms with Gasteiger partial charge in [0, 0.05) is 0 Å². The number of methoxy groups -OCH3 is 1. The number of phenols is 1. The molecule has 3 atom stereocenters. The smallest absolute Gasteiger partial charge is 0.266 e. The molecular formula is C26H23BrN2O6. The van der Waals surface area contributed by atoms with Gasteiger partial charge in [0.05, 0.1) is 35.6 Å². The minimum Gasteiger partial charge on any atom is -0.503 e. The van der Waals surface area contributed by atoms with Crippen LogP contribution in [0, 0.1) is 5.92 Å². The first-order valence-corrected chi connectivity index (χ1v) is 11.9. The van der Waals surface area contributed by atoms with E-state index in [2.05, 4.69) is 15.9 Å². The zero-order valence-electron chi connectivity index (χ0n) is 19.1. The monoisotopic (exact) mass is 538 g/mol. The summed E-state index contributed by atoms with van der Waals surface area (Å²) in [5.41, 5.74) is 1.72. The Labute approximate surface area is 210 Å². The molecule has 0 spiro atoms. The van der Waals surface area contributed by atoms with Crippen molar-refractivity contribution >= 4 is 39.1 Å². The number of nitrogens with zero attached hydrogens (tertiary/aromatic N) is 2. The van der Waals surface area contributed by atoms with Crippen LogP contribution >= 0.6 is 15.9 Å². The number of para-hydroxylation sites is 3. The van der Waals surface area contributed by atoms with Crippen LogP contribution in [0.25, 0.3) is 0 Å². The summed E-state index contributed by atoms with van der Waals surface area (Å²) in [5, 5.41) is 11.9. The van der Waals surface area contributed by atoms with E-state index >= 15 is 0 Å². The molecule has 2 saturated heterocycles. The zero-order chi connectivity index (χ0) is 24.7. The molecule has 180 valence electrons. The van der Waals surface area contributed by atoms with Crippen molar-refractivity contribution in [2.24, 2.45) is 5.92 Å². The summed E-state index contributed by atoms with van der Waals surface area (Å²) < 4.78 is 11.4. The minimum atomic E-state index is -1.03. The number of rotatable bonds is 6. The number of fused-ring (bicyclic) bond motifs is 1. The van der Waals surface area contributed by atoms with Gasteiger partial charge >= 0.3 is 0 Å². The van der Waals surface area contributed by atoms with Crippen molar-refractivity contribution < 1.29 is 29.0 Å². The van der Waals surface area contributed by atoms with Gasteiger partial charge < -0.3 is 14.6 Å². The zero-order valence-corrected chi connectivity index (χ0v) is 20.6. The molecule has 0 saturated carbocycles. The molecular weight excluding hydrogens is 516 g/mol. The summed E-state index contributed by atoms with van der Waals surface area (Å²) in [6.45, 7) is 2.23. The molecule has 2 heterocycles. The maximum absolute atomic E-state index is 13.9. The number of imide groups is 1. The summed E-state index contributed by atoms with van der Waals surface area (Å²) in [6.07, 6.45) is -1.03. The van der Waals surface area contributed by atoms with E-state index in [9.17, 15) is 14.7 Å². The van der Waals surface area contributed by atoms with Gasteiger partial charge in [-0.1, -0.05) is 30.3 Å². The number of amides is 2. The van der Waals surface area contributed by atoms with E-state index in [1.807, 2.05) is 37.3 Å². The Hall–Kier alpha value is -3.56. The van der Waals surface area contributed by atoms with Crippen LogP contribution in [0.15, 0.2) is 71.2 Å². The van der Waals surface area contributed by atoms with Gasteiger partial charge in [-0.3, -0.25) is 14.4 Å². The van der Waals surface area contributed by atoms with Crippen molar-refractivity contribution in [1.29, 1.82) is 0 Å². The second-order valence-electron chi connectivity index (χ2n) is 8.12. The molecule has 0 unspecified atom stereocenters. The van der Waals surface area contributed by atoms with Gasteiger partial charge in [0.1, 0.15) is 11.7 Å². The molecule has 3 aromatic carbocycles. The minimum absolute atomic E-state index is 0.0564. The van der Waals surface area contributed by atoms with E-state index in [1.165, 1.54) is 7.11 Å². The Kier molecular flexibility index (Phi) is 6.12.